The molecule has 88 valence electrons. The summed E-state index contributed by atoms with van der Waals surface area (Å²) in [6.45, 7) is 6.14. The summed E-state index contributed by atoms with van der Waals surface area (Å²) in [7, 11) is 0. The molecule has 1 atom stereocenters. The molecule has 5 heteroatoms. The fraction of sp³-hybridized carbons (Fsp3) is 0.636. The molecular weight excluding hydrogens is 206 g/mol. The van der Waals surface area contributed by atoms with Crippen LogP contribution in [0.15, 0.2) is 12.5 Å². The molecule has 0 aromatic carbocycles. The SMILES string of the molecule is CC(C)C1CN(C(=O)c2cnc[nH]2)CCO1. The largest absolute Gasteiger partial charge is 0.374 e. The Morgan fingerprint density at radius 2 is 2.50 bits per heavy atom. The van der Waals surface area contributed by atoms with Crippen molar-refractivity contribution in [2.75, 3.05) is 19.7 Å². The van der Waals surface area contributed by atoms with Crippen LogP contribution in [0.3, 0.4) is 0 Å². The van der Waals surface area contributed by atoms with Gasteiger partial charge in [0.1, 0.15) is 5.69 Å². The van der Waals surface area contributed by atoms with E-state index in [0.29, 0.717) is 31.3 Å². The molecule has 1 amide bonds. The maximum absolute atomic E-state index is 12.0. The molecule has 1 aliphatic rings. The van der Waals surface area contributed by atoms with E-state index in [4.69, 9.17) is 4.74 Å². The molecule has 0 saturated carbocycles. The fourth-order valence-corrected chi connectivity index (χ4v) is 1.81. The van der Waals surface area contributed by atoms with Crippen molar-refractivity contribution in [3.63, 3.8) is 0 Å². The van der Waals surface area contributed by atoms with Gasteiger partial charge in [-0.3, -0.25) is 4.79 Å². The van der Waals surface area contributed by atoms with E-state index < -0.39 is 0 Å². The van der Waals surface area contributed by atoms with Crippen LogP contribution in [-0.2, 0) is 4.74 Å². The molecule has 0 radical (unpaired) electrons. The highest BCUT2D eigenvalue weighted by atomic mass is 16.5. The smallest absolute Gasteiger partial charge is 0.272 e. The first-order valence-corrected chi connectivity index (χ1v) is 5.57. The third kappa shape index (κ3) is 2.24. The molecule has 16 heavy (non-hydrogen) atoms. The highest BCUT2D eigenvalue weighted by molar-refractivity contribution is 5.92. The number of morpholine rings is 1. The first-order chi connectivity index (χ1) is 7.68. The summed E-state index contributed by atoms with van der Waals surface area (Å²) in [5.41, 5.74) is 0.546. The number of nitrogens with one attached hydrogen (secondary N) is 1. The van der Waals surface area contributed by atoms with E-state index in [-0.39, 0.29) is 12.0 Å². The number of H-pyrrole nitrogens is 1. The highest BCUT2D eigenvalue weighted by Gasteiger charge is 2.27. The third-order valence-electron chi connectivity index (χ3n) is 2.85. The van der Waals surface area contributed by atoms with E-state index in [2.05, 4.69) is 23.8 Å². The zero-order chi connectivity index (χ0) is 11.5. The number of aromatic amines is 1. The van der Waals surface area contributed by atoms with Gasteiger partial charge in [-0.1, -0.05) is 13.8 Å². The lowest BCUT2D eigenvalue weighted by molar-refractivity contribution is -0.0422. The van der Waals surface area contributed by atoms with E-state index in [0.717, 1.165) is 0 Å². The van der Waals surface area contributed by atoms with Crippen molar-refractivity contribution in [1.29, 1.82) is 0 Å². The van der Waals surface area contributed by atoms with Gasteiger partial charge in [0.25, 0.3) is 5.91 Å². The Hall–Kier alpha value is -1.36. The Morgan fingerprint density at radius 3 is 3.12 bits per heavy atom. The normalized spacial score (nSPS) is 21.4. The Bertz CT molecular complexity index is 348. The van der Waals surface area contributed by atoms with Crippen molar-refractivity contribution in [1.82, 2.24) is 14.9 Å². The number of carbonyl (C=O) groups is 1. The highest BCUT2D eigenvalue weighted by Crippen LogP contribution is 2.14. The molecule has 0 bridgehead atoms. The Kier molecular flexibility index (Phi) is 3.24. The minimum absolute atomic E-state index is 0.00597. The van der Waals surface area contributed by atoms with Crippen molar-refractivity contribution < 1.29 is 9.53 Å². The third-order valence-corrected chi connectivity index (χ3v) is 2.85. The molecule has 2 rings (SSSR count). The van der Waals surface area contributed by atoms with Crippen LogP contribution in [0.5, 0.6) is 0 Å². The average molecular weight is 223 g/mol. The molecule has 1 aromatic rings. The monoisotopic (exact) mass is 223 g/mol. The van der Waals surface area contributed by atoms with Gasteiger partial charge in [0, 0.05) is 13.1 Å². The number of hydrogen-bond donors (Lipinski definition) is 1. The molecule has 1 fully saturated rings. The van der Waals surface area contributed by atoms with Crippen LogP contribution in [0, 0.1) is 5.92 Å². The topological polar surface area (TPSA) is 58.2 Å². The molecule has 0 aliphatic carbocycles. The summed E-state index contributed by atoms with van der Waals surface area (Å²) in [5, 5.41) is 0. The maximum atomic E-state index is 12.0. The number of rotatable bonds is 2. The van der Waals surface area contributed by atoms with Crippen molar-refractivity contribution in [3.05, 3.63) is 18.2 Å². The predicted molar refractivity (Wildman–Crippen MR) is 59.1 cm³/mol. The van der Waals surface area contributed by atoms with Gasteiger partial charge < -0.3 is 14.6 Å². The summed E-state index contributed by atoms with van der Waals surface area (Å²) >= 11 is 0. The van der Waals surface area contributed by atoms with E-state index in [1.54, 1.807) is 6.20 Å². The van der Waals surface area contributed by atoms with E-state index >= 15 is 0 Å². The molecule has 1 unspecified atom stereocenters. The second-order valence-electron chi connectivity index (χ2n) is 4.37. The quantitative estimate of drug-likeness (QED) is 0.810. The number of aromatic nitrogens is 2. The van der Waals surface area contributed by atoms with Crippen molar-refractivity contribution in [2.45, 2.75) is 20.0 Å². The fourth-order valence-electron chi connectivity index (χ4n) is 1.81. The molecule has 1 N–H and O–H groups in total. The van der Waals surface area contributed by atoms with Crippen LogP contribution < -0.4 is 0 Å². The van der Waals surface area contributed by atoms with Crippen LogP contribution in [0.25, 0.3) is 0 Å². The summed E-state index contributed by atoms with van der Waals surface area (Å²) in [6, 6.07) is 0. The van der Waals surface area contributed by atoms with Gasteiger partial charge in [-0.15, -0.1) is 0 Å². The van der Waals surface area contributed by atoms with Gasteiger partial charge in [0.05, 0.1) is 25.2 Å². The van der Waals surface area contributed by atoms with Crippen LogP contribution in [0.1, 0.15) is 24.3 Å². The second-order valence-corrected chi connectivity index (χ2v) is 4.37. The molecular formula is C11H17N3O2. The summed E-state index contributed by atoms with van der Waals surface area (Å²) in [5.74, 6) is 0.434. The van der Waals surface area contributed by atoms with Crippen molar-refractivity contribution in [3.8, 4) is 0 Å². The van der Waals surface area contributed by atoms with Gasteiger partial charge in [0.2, 0.25) is 0 Å². The second kappa shape index (κ2) is 4.65. The standard InChI is InChI=1S/C11H17N3O2/c1-8(2)10-6-14(3-4-16-10)11(15)9-5-12-7-13-9/h5,7-8,10H,3-4,6H2,1-2H3,(H,12,13). The zero-order valence-electron chi connectivity index (χ0n) is 9.64. The summed E-state index contributed by atoms with van der Waals surface area (Å²) < 4.78 is 5.62. The Labute approximate surface area is 94.8 Å². The number of hydrogen-bond acceptors (Lipinski definition) is 3. The number of nitrogens with zero attached hydrogens (tertiary/aromatic N) is 2. The number of ether oxygens (including phenoxy) is 1. The van der Waals surface area contributed by atoms with Crippen LogP contribution in [0.4, 0.5) is 0 Å². The van der Waals surface area contributed by atoms with Crippen LogP contribution in [-0.4, -0.2) is 46.6 Å². The number of carbonyl (C=O) groups excluding carboxylic acids is 1. The minimum Gasteiger partial charge on any atom is -0.374 e. The molecule has 1 aliphatic heterocycles. The van der Waals surface area contributed by atoms with Crippen LogP contribution in [0.2, 0.25) is 0 Å². The van der Waals surface area contributed by atoms with E-state index in [1.807, 2.05) is 4.90 Å². The molecule has 1 saturated heterocycles. The van der Waals surface area contributed by atoms with Gasteiger partial charge in [-0.25, -0.2) is 4.98 Å². The number of amides is 1. The van der Waals surface area contributed by atoms with Crippen molar-refractivity contribution in [2.24, 2.45) is 5.92 Å². The zero-order valence-corrected chi connectivity index (χ0v) is 9.64. The van der Waals surface area contributed by atoms with Crippen molar-refractivity contribution >= 4 is 5.91 Å². The average Bonchev–Trinajstić information content (AvgIpc) is 2.81. The van der Waals surface area contributed by atoms with E-state index in [1.165, 1.54) is 6.33 Å². The Morgan fingerprint density at radius 1 is 1.69 bits per heavy atom. The van der Waals surface area contributed by atoms with E-state index in [9.17, 15) is 4.79 Å². The Balaban J connectivity index is 2.02. The molecule has 2 heterocycles. The first kappa shape index (κ1) is 11.1. The van der Waals surface area contributed by atoms with Gasteiger partial charge in [-0.2, -0.15) is 0 Å². The summed E-state index contributed by atoms with van der Waals surface area (Å²) in [6.07, 6.45) is 3.22. The first-order valence-electron chi connectivity index (χ1n) is 5.57. The van der Waals surface area contributed by atoms with Gasteiger partial charge in [-0.05, 0) is 5.92 Å². The van der Waals surface area contributed by atoms with Crippen LogP contribution >= 0.6 is 0 Å². The maximum Gasteiger partial charge on any atom is 0.272 e. The lowest BCUT2D eigenvalue weighted by Gasteiger charge is -2.34. The molecule has 5 nitrogen and oxygen atoms in total. The minimum atomic E-state index is 0.00597. The van der Waals surface area contributed by atoms with Gasteiger partial charge in [0.15, 0.2) is 0 Å². The predicted octanol–water partition coefficient (Wildman–Crippen LogP) is 0.907. The summed E-state index contributed by atoms with van der Waals surface area (Å²) in [4.78, 5) is 20.5. The lowest BCUT2D eigenvalue weighted by atomic mass is 10.1. The molecule has 1 aromatic heterocycles. The van der Waals surface area contributed by atoms with Gasteiger partial charge >= 0.3 is 0 Å². The molecule has 0 spiro atoms. The number of imidazole rings is 1. The lowest BCUT2D eigenvalue weighted by Crippen LogP contribution is -2.47.